The van der Waals surface area contributed by atoms with Crippen molar-refractivity contribution in [2.75, 3.05) is 0 Å². The lowest BCUT2D eigenvalue weighted by molar-refractivity contribution is 0.0696. The van der Waals surface area contributed by atoms with Gasteiger partial charge >= 0.3 is 5.97 Å². The minimum absolute atomic E-state index is 0.229. The third-order valence-corrected chi connectivity index (χ3v) is 3.86. The summed E-state index contributed by atoms with van der Waals surface area (Å²) in [5, 5.41) is 8.91. The molecule has 0 radical (unpaired) electrons. The van der Waals surface area contributed by atoms with Gasteiger partial charge in [0, 0.05) is 6.04 Å². The number of imidazole rings is 1. The lowest BCUT2D eigenvalue weighted by Crippen LogP contribution is -2.04. The number of hydrogen-bond acceptors (Lipinski definition) is 3. The molecule has 6 heteroatoms. The lowest BCUT2D eigenvalue weighted by Gasteiger charge is -2.10. The van der Waals surface area contributed by atoms with Gasteiger partial charge in [0.2, 0.25) is 0 Å². The maximum Gasteiger partial charge on any atom is 0.335 e. The second-order valence-electron chi connectivity index (χ2n) is 4.76. The Bertz CT molecular complexity index is 650. The first-order chi connectivity index (χ1) is 9.65. The van der Waals surface area contributed by atoms with E-state index in [2.05, 4.69) is 25.5 Å². The number of aromatic nitrogens is 2. The monoisotopic (exact) mass is 336 g/mol. The zero-order valence-corrected chi connectivity index (χ0v) is 12.2. The molecular formula is C14H13BrN2O3. The molecular weight excluding hydrogens is 324 g/mol. The van der Waals surface area contributed by atoms with E-state index >= 15 is 0 Å². The molecule has 20 heavy (non-hydrogen) atoms. The highest BCUT2D eigenvalue weighted by molar-refractivity contribution is 9.10. The van der Waals surface area contributed by atoms with Gasteiger partial charge in [-0.15, -0.1) is 0 Å². The van der Waals surface area contributed by atoms with Crippen molar-refractivity contribution in [1.82, 2.24) is 9.55 Å². The standard InChI is InChI=1S/C14H13BrN2O3/c15-12-5-9(14(18)19)1-4-13(12)20-7-11-6-16-8-17(11)10-2-3-10/h1,4-6,8,10H,2-3,7H2,(H,18,19). The summed E-state index contributed by atoms with van der Waals surface area (Å²) in [7, 11) is 0. The summed E-state index contributed by atoms with van der Waals surface area (Å²) < 4.78 is 8.51. The number of halogens is 1. The molecule has 1 aliphatic carbocycles. The Kier molecular flexibility index (Phi) is 3.48. The molecule has 0 unspecified atom stereocenters. The van der Waals surface area contributed by atoms with E-state index in [-0.39, 0.29) is 5.56 Å². The summed E-state index contributed by atoms with van der Waals surface area (Å²) in [6.07, 6.45) is 6.03. The van der Waals surface area contributed by atoms with Crippen molar-refractivity contribution in [3.63, 3.8) is 0 Å². The molecule has 0 saturated heterocycles. The molecule has 5 nitrogen and oxygen atoms in total. The van der Waals surface area contributed by atoms with Gasteiger partial charge in [-0.05, 0) is 47.0 Å². The predicted octanol–water partition coefficient (Wildman–Crippen LogP) is 3.26. The quantitative estimate of drug-likeness (QED) is 0.910. The minimum atomic E-state index is -0.955. The first-order valence-electron chi connectivity index (χ1n) is 6.31. The van der Waals surface area contributed by atoms with E-state index < -0.39 is 5.97 Å². The molecule has 1 fully saturated rings. The molecule has 1 saturated carbocycles. The first kappa shape index (κ1) is 13.2. The van der Waals surface area contributed by atoms with Crippen LogP contribution >= 0.6 is 15.9 Å². The number of carboxylic acid groups (broad SMARTS) is 1. The van der Waals surface area contributed by atoms with Gasteiger partial charge in [0.05, 0.1) is 28.3 Å². The van der Waals surface area contributed by atoms with Gasteiger partial charge in [0.1, 0.15) is 12.4 Å². The fraction of sp³-hybridized carbons (Fsp3) is 0.286. The van der Waals surface area contributed by atoms with Gasteiger partial charge in [-0.1, -0.05) is 0 Å². The van der Waals surface area contributed by atoms with E-state index in [4.69, 9.17) is 9.84 Å². The molecule has 0 aliphatic heterocycles. The smallest absolute Gasteiger partial charge is 0.335 e. The van der Waals surface area contributed by atoms with Crippen molar-refractivity contribution in [2.45, 2.75) is 25.5 Å². The lowest BCUT2D eigenvalue weighted by atomic mass is 10.2. The number of carbonyl (C=O) groups is 1. The van der Waals surface area contributed by atoms with E-state index in [0.717, 1.165) is 5.69 Å². The van der Waals surface area contributed by atoms with Crippen LogP contribution in [-0.4, -0.2) is 20.6 Å². The first-order valence-corrected chi connectivity index (χ1v) is 7.11. The number of benzene rings is 1. The summed E-state index contributed by atoms with van der Waals surface area (Å²) >= 11 is 3.33. The Labute approximate surface area is 124 Å². The highest BCUT2D eigenvalue weighted by atomic mass is 79.9. The summed E-state index contributed by atoms with van der Waals surface area (Å²) in [5.74, 6) is -0.331. The number of hydrogen-bond donors (Lipinski definition) is 1. The van der Waals surface area contributed by atoms with Crippen LogP contribution in [0.2, 0.25) is 0 Å². The van der Waals surface area contributed by atoms with E-state index in [0.29, 0.717) is 22.9 Å². The van der Waals surface area contributed by atoms with Gasteiger partial charge in [-0.2, -0.15) is 0 Å². The molecule has 0 amide bonds. The summed E-state index contributed by atoms with van der Waals surface area (Å²) in [4.78, 5) is 15.0. The van der Waals surface area contributed by atoms with Crippen LogP contribution in [-0.2, 0) is 6.61 Å². The second kappa shape index (κ2) is 5.28. The van der Waals surface area contributed by atoms with Crippen molar-refractivity contribution >= 4 is 21.9 Å². The summed E-state index contributed by atoms with van der Waals surface area (Å²) in [5.41, 5.74) is 1.26. The normalized spacial score (nSPS) is 14.2. The van der Waals surface area contributed by atoms with Crippen molar-refractivity contribution in [1.29, 1.82) is 0 Å². The van der Waals surface area contributed by atoms with Gasteiger partial charge in [-0.3, -0.25) is 0 Å². The number of carboxylic acids is 1. The third kappa shape index (κ3) is 2.70. The Hall–Kier alpha value is -1.82. The van der Waals surface area contributed by atoms with Crippen molar-refractivity contribution in [3.05, 3.63) is 46.5 Å². The molecule has 0 bridgehead atoms. The van der Waals surface area contributed by atoms with Crippen LogP contribution in [0.15, 0.2) is 35.2 Å². The largest absolute Gasteiger partial charge is 0.486 e. The van der Waals surface area contributed by atoms with Crippen LogP contribution in [0.1, 0.15) is 34.9 Å². The molecule has 0 spiro atoms. The van der Waals surface area contributed by atoms with Gasteiger partial charge in [0.15, 0.2) is 0 Å². The fourth-order valence-corrected chi connectivity index (χ4v) is 2.52. The van der Waals surface area contributed by atoms with E-state index in [1.165, 1.54) is 25.0 Å². The van der Waals surface area contributed by atoms with Gasteiger partial charge < -0.3 is 14.4 Å². The Morgan fingerprint density at radius 2 is 2.30 bits per heavy atom. The maximum atomic E-state index is 10.9. The third-order valence-electron chi connectivity index (χ3n) is 3.24. The Balaban J connectivity index is 1.71. The highest BCUT2D eigenvalue weighted by Gasteiger charge is 2.25. The molecule has 1 aromatic carbocycles. The highest BCUT2D eigenvalue weighted by Crippen LogP contribution is 2.36. The fourth-order valence-electron chi connectivity index (χ4n) is 2.03. The van der Waals surface area contributed by atoms with Crippen LogP contribution in [0.5, 0.6) is 5.75 Å². The number of ether oxygens (including phenoxy) is 1. The molecule has 104 valence electrons. The molecule has 3 rings (SSSR count). The van der Waals surface area contributed by atoms with Crippen LogP contribution in [0.4, 0.5) is 0 Å². The topological polar surface area (TPSA) is 64.3 Å². The van der Waals surface area contributed by atoms with Crippen molar-refractivity contribution in [3.8, 4) is 5.75 Å². The average Bonchev–Trinajstić information content (AvgIpc) is 3.16. The van der Waals surface area contributed by atoms with Crippen LogP contribution < -0.4 is 4.74 Å². The number of rotatable bonds is 5. The summed E-state index contributed by atoms with van der Waals surface area (Å²) in [6.45, 7) is 0.418. The van der Waals surface area contributed by atoms with Crippen molar-refractivity contribution in [2.24, 2.45) is 0 Å². The maximum absolute atomic E-state index is 10.9. The average molecular weight is 337 g/mol. The van der Waals surface area contributed by atoms with Gasteiger partial charge in [0.25, 0.3) is 0 Å². The molecule has 1 N–H and O–H groups in total. The SMILES string of the molecule is O=C(O)c1ccc(OCc2cncn2C2CC2)c(Br)c1. The number of aromatic carboxylic acids is 1. The molecule has 1 heterocycles. The van der Waals surface area contributed by atoms with Crippen molar-refractivity contribution < 1.29 is 14.6 Å². The van der Waals surface area contributed by atoms with E-state index in [9.17, 15) is 4.79 Å². The Morgan fingerprint density at radius 1 is 1.50 bits per heavy atom. The Morgan fingerprint density at radius 3 is 2.95 bits per heavy atom. The van der Waals surface area contributed by atoms with Crippen LogP contribution in [0.25, 0.3) is 0 Å². The second-order valence-corrected chi connectivity index (χ2v) is 5.62. The predicted molar refractivity (Wildman–Crippen MR) is 75.9 cm³/mol. The zero-order valence-electron chi connectivity index (χ0n) is 10.6. The molecule has 1 aliphatic rings. The molecule has 1 aromatic heterocycles. The zero-order chi connectivity index (χ0) is 14.1. The minimum Gasteiger partial charge on any atom is -0.486 e. The van der Waals surface area contributed by atoms with E-state index in [1.807, 2.05) is 6.33 Å². The number of nitrogens with zero attached hydrogens (tertiary/aromatic N) is 2. The van der Waals surface area contributed by atoms with Crippen LogP contribution in [0.3, 0.4) is 0 Å². The molecule has 2 aromatic rings. The van der Waals surface area contributed by atoms with Gasteiger partial charge in [-0.25, -0.2) is 9.78 Å². The van der Waals surface area contributed by atoms with Crippen LogP contribution in [0, 0.1) is 0 Å². The van der Waals surface area contributed by atoms with E-state index in [1.54, 1.807) is 12.3 Å². The molecule has 0 atom stereocenters. The summed E-state index contributed by atoms with van der Waals surface area (Å²) in [6, 6.07) is 5.29.